The van der Waals surface area contributed by atoms with Crippen LogP contribution in [-0.4, -0.2) is 13.4 Å². The molecule has 0 amide bonds. The lowest BCUT2D eigenvalue weighted by Gasteiger charge is -1.99. The summed E-state index contributed by atoms with van der Waals surface area (Å²) in [6.45, 7) is 0. The van der Waals surface area contributed by atoms with Gasteiger partial charge in [0.2, 0.25) is 10.8 Å². The SMILES string of the molecule is NS(=O)(=O)c1ncc(F)c(F)c1F. The summed E-state index contributed by atoms with van der Waals surface area (Å²) < 4.78 is 58.3. The fraction of sp³-hybridized carbons (Fsp3) is 0. The number of primary sulfonamides is 1. The monoisotopic (exact) mass is 212 g/mol. The van der Waals surface area contributed by atoms with Gasteiger partial charge in [-0.05, 0) is 0 Å². The molecule has 0 bridgehead atoms. The van der Waals surface area contributed by atoms with Gasteiger partial charge in [0, 0.05) is 0 Å². The van der Waals surface area contributed by atoms with Crippen LogP contribution in [0.25, 0.3) is 0 Å². The van der Waals surface area contributed by atoms with Crippen molar-refractivity contribution >= 4 is 10.0 Å². The second kappa shape index (κ2) is 2.96. The molecule has 72 valence electrons. The van der Waals surface area contributed by atoms with Crippen LogP contribution < -0.4 is 5.14 Å². The summed E-state index contributed by atoms with van der Waals surface area (Å²) in [6, 6.07) is 0. The van der Waals surface area contributed by atoms with Gasteiger partial charge in [-0.3, -0.25) is 0 Å². The Morgan fingerprint density at radius 2 is 1.77 bits per heavy atom. The lowest BCUT2D eigenvalue weighted by Crippen LogP contribution is -2.17. The summed E-state index contributed by atoms with van der Waals surface area (Å²) in [5.74, 6) is -5.41. The highest BCUT2D eigenvalue weighted by Gasteiger charge is 2.22. The molecule has 0 aliphatic rings. The molecule has 1 heterocycles. The van der Waals surface area contributed by atoms with Gasteiger partial charge in [0.15, 0.2) is 11.6 Å². The van der Waals surface area contributed by atoms with Gasteiger partial charge in [-0.15, -0.1) is 0 Å². The highest BCUT2D eigenvalue weighted by Crippen LogP contribution is 2.14. The highest BCUT2D eigenvalue weighted by atomic mass is 32.2. The van der Waals surface area contributed by atoms with Crippen molar-refractivity contribution in [1.29, 1.82) is 0 Å². The predicted octanol–water partition coefficient (Wildman–Crippen LogP) is 0.146. The zero-order valence-electron chi connectivity index (χ0n) is 5.96. The molecule has 0 aliphatic heterocycles. The van der Waals surface area contributed by atoms with Gasteiger partial charge in [0.05, 0.1) is 6.20 Å². The van der Waals surface area contributed by atoms with E-state index in [0.29, 0.717) is 0 Å². The molecule has 1 aromatic rings. The van der Waals surface area contributed by atoms with Crippen molar-refractivity contribution in [2.75, 3.05) is 0 Å². The molecule has 0 aromatic carbocycles. The molecule has 0 radical (unpaired) electrons. The van der Waals surface area contributed by atoms with Gasteiger partial charge in [-0.2, -0.15) is 0 Å². The molecule has 0 fully saturated rings. The second-order valence-corrected chi connectivity index (χ2v) is 3.56. The van der Waals surface area contributed by atoms with Crippen molar-refractivity contribution in [3.8, 4) is 0 Å². The van der Waals surface area contributed by atoms with E-state index in [1.807, 2.05) is 0 Å². The molecule has 0 unspecified atom stereocenters. The number of sulfonamides is 1. The van der Waals surface area contributed by atoms with Crippen LogP contribution in [0.3, 0.4) is 0 Å². The number of nitrogens with zero attached hydrogens (tertiary/aromatic N) is 1. The normalized spacial score (nSPS) is 11.7. The number of rotatable bonds is 1. The minimum absolute atomic E-state index is 0.234. The Kier molecular flexibility index (Phi) is 2.26. The number of halogens is 3. The Bertz CT molecular complexity index is 445. The molecule has 0 saturated carbocycles. The quantitative estimate of drug-likeness (QED) is 0.719. The molecule has 2 N–H and O–H groups in total. The molecule has 1 rings (SSSR count). The van der Waals surface area contributed by atoms with Crippen LogP contribution in [0.1, 0.15) is 0 Å². The second-order valence-electron chi connectivity index (χ2n) is 2.08. The van der Waals surface area contributed by atoms with Gasteiger partial charge >= 0.3 is 0 Å². The standard InChI is InChI=1S/C5H3F3N2O2S/c6-2-1-10-5(13(9,11)12)4(8)3(2)7/h1H,(H2,9,11,12). The number of aromatic nitrogens is 1. The van der Waals surface area contributed by atoms with Gasteiger partial charge in [0.1, 0.15) is 0 Å². The van der Waals surface area contributed by atoms with Crippen molar-refractivity contribution in [2.24, 2.45) is 5.14 Å². The number of pyridine rings is 1. The molecule has 1 aromatic heterocycles. The maximum absolute atomic E-state index is 12.6. The van der Waals surface area contributed by atoms with E-state index < -0.39 is 32.5 Å². The van der Waals surface area contributed by atoms with E-state index >= 15 is 0 Å². The summed E-state index contributed by atoms with van der Waals surface area (Å²) in [5.41, 5.74) is 0. The Morgan fingerprint density at radius 1 is 1.23 bits per heavy atom. The molecule has 0 atom stereocenters. The van der Waals surface area contributed by atoms with Gasteiger partial charge in [0.25, 0.3) is 10.0 Å². The molecule has 4 nitrogen and oxygen atoms in total. The number of hydrogen-bond donors (Lipinski definition) is 1. The van der Waals surface area contributed by atoms with E-state index in [1.54, 1.807) is 0 Å². The van der Waals surface area contributed by atoms with E-state index in [0.717, 1.165) is 0 Å². The van der Waals surface area contributed by atoms with E-state index in [9.17, 15) is 21.6 Å². The van der Waals surface area contributed by atoms with Crippen LogP contribution in [0.15, 0.2) is 11.2 Å². The predicted molar refractivity (Wildman–Crippen MR) is 35.5 cm³/mol. The zero-order valence-corrected chi connectivity index (χ0v) is 6.78. The third-order valence-corrected chi connectivity index (χ3v) is 1.98. The van der Waals surface area contributed by atoms with E-state index in [1.165, 1.54) is 0 Å². The average molecular weight is 212 g/mol. The highest BCUT2D eigenvalue weighted by molar-refractivity contribution is 7.89. The summed E-state index contributed by atoms with van der Waals surface area (Å²) >= 11 is 0. The molecule has 13 heavy (non-hydrogen) atoms. The molecule has 8 heteroatoms. The Morgan fingerprint density at radius 3 is 2.23 bits per heavy atom. The van der Waals surface area contributed by atoms with E-state index in [2.05, 4.69) is 10.1 Å². The largest absolute Gasteiger partial charge is 0.258 e. The number of nitrogens with two attached hydrogens (primary N) is 1. The smallest absolute Gasteiger partial charge is 0.238 e. The Balaban J connectivity index is 3.53. The summed E-state index contributed by atoms with van der Waals surface area (Å²) in [6.07, 6.45) is 0.234. The first-order valence-corrected chi connectivity index (χ1v) is 4.41. The molecule has 0 aliphatic carbocycles. The van der Waals surface area contributed by atoms with E-state index in [4.69, 9.17) is 0 Å². The molecule has 0 spiro atoms. The Hall–Kier alpha value is -1.15. The number of hydrogen-bond acceptors (Lipinski definition) is 3. The third kappa shape index (κ3) is 1.78. The van der Waals surface area contributed by atoms with Gasteiger partial charge < -0.3 is 0 Å². The fourth-order valence-corrected chi connectivity index (χ4v) is 1.16. The van der Waals surface area contributed by atoms with Gasteiger partial charge in [-0.25, -0.2) is 31.7 Å². The first-order valence-electron chi connectivity index (χ1n) is 2.86. The first-order chi connectivity index (χ1) is 5.84. The minimum Gasteiger partial charge on any atom is -0.238 e. The van der Waals surface area contributed by atoms with Crippen molar-refractivity contribution in [2.45, 2.75) is 5.03 Å². The lowest BCUT2D eigenvalue weighted by atomic mass is 10.4. The first kappa shape index (κ1) is 9.93. The van der Waals surface area contributed by atoms with Crippen LogP contribution >= 0.6 is 0 Å². The average Bonchev–Trinajstić information content (AvgIpc) is 1.98. The zero-order chi connectivity index (χ0) is 10.2. The van der Waals surface area contributed by atoms with Crippen LogP contribution in [0.2, 0.25) is 0 Å². The molecule has 0 saturated heterocycles. The van der Waals surface area contributed by atoms with Crippen molar-refractivity contribution in [1.82, 2.24) is 4.98 Å². The molecular formula is C5H3F3N2O2S. The topological polar surface area (TPSA) is 73.1 Å². The van der Waals surface area contributed by atoms with Crippen LogP contribution in [0.5, 0.6) is 0 Å². The van der Waals surface area contributed by atoms with Crippen molar-refractivity contribution < 1.29 is 21.6 Å². The van der Waals surface area contributed by atoms with Crippen LogP contribution in [0.4, 0.5) is 13.2 Å². The Labute approximate surface area is 71.2 Å². The van der Waals surface area contributed by atoms with Crippen molar-refractivity contribution in [3.05, 3.63) is 23.6 Å². The minimum atomic E-state index is -4.47. The van der Waals surface area contributed by atoms with E-state index in [-0.39, 0.29) is 6.20 Å². The van der Waals surface area contributed by atoms with Gasteiger partial charge in [-0.1, -0.05) is 0 Å². The molecular weight excluding hydrogens is 209 g/mol. The van der Waals surface area contributed by atoms with Crippen LogP contribution in [-0.2, 0) is 10.0 Å². The summed E-state index contributed by atoms with van der Waals surface area (Å²) in [5, 5.41) is 3.14. The van der Waals surface area contributed by atoms with Crippen molar-refractivity contribution in [3.63, 3.8) is 0 Å². The maximum atomic E-state index is 12.6. The third-order valence-electron chi connectivity index (χ3n) is 1.15. The fourth-order valence-electron chi connectivity index (χ4n) is 0.626. The maximum Gasteiger partial charge on any atom is 0.258 e. The summed E-state index contributed by atoms with van der Waals surface area (Å²) in [7, 11) is -4.47. The lowest BCUT2D eigenvalue weighted by molar-refractivity contribution is 0.421. The summed E-state index contributed by atoms with van der Waals surface area (Å²) in [4.78, 5) is 2.81. The van der Waals surface area contributed by atoms with Crippen LogP contribution in [0, 0.1) is 17.5 Å².